The lowest BCUT2D eigenvalue weighted by atomic mass is 10.0. The van der Waals surface area contributed by atoms with Crippen LogP contribution in [0.4, 0.5) is 5.69 Å². The molecular formula is C34H45N3O5S. The van der Waals surface area contributed by atoms with Gasteiger partial charge < -0.3 is 15.0 Å². The van der Waals surface area contributed by atoms with Gasteiger partial charge >= 0.3 is 0 Å². The Hall–Kier alpha value is -3.85. The van der Waals surface area contributed by atoms with Gasteiger partial charge in [0, 0.05) is 12.1 Å². The molecule has 0 aliphatic rings. The van der Waals surface area contributed by atoms with E-state index in [1.54, 1.807) is 55.6 Å². The maximum Gasteiger partial charge on any atom is 0.264 e. The number of methoxy groups -OCH3 is 1. The van der Waals surface area contributed by atoms with Crippen LogP contribution >= 0.6 is 0 Å². The predicted octanol–water partition coefficient (Wildman–Crippen LogP) is 6.04. The van der Waals surface area contributed by atoms with Crippen molar-refractivity contribution in [2.75, 3.05) is 18.0 Å². The first-order chi connectivity index (χ1) is 20.2. The van der Waals surface area contributed by atoms with Crippen LogP contribution in [0.25, 0.3) is 0 Å². The Bertz CT molecular complexity index is 1480. The number of nitrogens with zero attached hydrogens (tertiary/aromatic N) is 2. The maximum absolute atomic E-state index is 14.2. The van der Waals surface area contributed by atoms with Crippen molar-refractivity contribution in [2.45, 2.75) is 83.8 Å². The van der Waals surface area contributed by atoms with E-state index in [1.165, 1.54) is 4.90 Å². The van der Waals surface area contributed by atoms with Crippen molar-refractivity contribution in [3.05, 3.63) is 89.5 Å². The van der Waals surface area contributed by atoms with Crippen molar-refractivity contribution < 1.29 is 22.7 Å². The number of hydrogen-bond acceptors (Lipinski definition) is 5. The highest BCUT2D eigenvalue weighted by Crippen LogP contribution is 2.27. The number of carbonyl (C=O) groups excluding carboxylic acids is 2. The van der Waals surface area contributed by atoms with Crippen LogP contribution in [0.5, 0.6) is 5.75 Å². The minimum Gasteiger partial charge on any atom is -0.497 e. The Balaban J connectivity index is 2.08. The lowest BCUT2D eigenvalue weighted by Crippen LogP contribution is -2.55. The van der Waals surface area contributed by atoms with Crippen LogP contribution in [0.1, 0.15) is 70.6 Å². The number of carbonyl (C=O) groups is 2. The number of ether oxygens (including phenoxy) is 1. The molecule has 3 aromatic rings. The molecular weight excluding hydrogens is 562 g/mol. The second kappa shape index (κ2) is 14.1. The Morgan fingerprint density at radius 1 is 0.907 bits per heavy atom. The molecule has 0 aliphatic carbocycles. The molecule has 0 heterocycles. The molecule has 0 aliphatic heterocycles. The van der Waals surface area contributed by atoms with E-state index in [0.29, 0.717) is 17.9 Å². The van der Waals surface area contributed by atoms with Gasteiger partial charge in [-0.3, -0.25) is 13.9 Å². The molecule has 43 heavy (non-hydrogen) atoms. The Morgan fingerprint density at radius 2 is 1.49 bits per heavy atom. The SMILES string of the molecule is CC[C@@H](C(=O)NC(C)(C)C)N(Cc1ccc(OC)cc1)C(=O)CN(c1ccc(C(C)C)cc1)S(=O)(=O)c1ccc(C)cc1. The summed E-state index contributed by atoms with van der Waals surface area (Å²) in [6.45, 7) is 13.1. The quantitative estimate of drug-likeness (QED) is 0.271. The fourth-order valence-electron chi connectivity index (χ4n) is 4.69. The van der Waals surface area contributed by atoms with Crippen molar-refractivity contribution in [3.8, 4) is 5.75 Å². The lowest BCUT2D eigenvalue weighted by Gasteiger charge is -2.35. The average molecular weight is 608 g/mol. The summed E-state index contributed by atoms with van der Waals surface area (Å²) in [4.78, 5) is 29.3. The first kappa shape index (κ1) is 33.6. The molecule has 3 aromatic carbocycles. The fraction of sp³-hybridized carbons (Fsp3) is 0.412. The van der Waals surface area contributed by atoms with Gasteiger partial charge in [0.05, 0.1) is 17.7 Å². The molecule has 1 atom stereocenters. The van der Waals surface area contributed by atoms with Gasteiger partial charge in [-0.2, -0.15) is 0 Å². The van der Waals surface area contributed by atoms with E-state index < -0.39 is 34.1 Å². The molecule has 0 unspecified atom stereocenters. The fourth-order valence-corrected chi connectivity index (χ4v) is 6.11. The normalized spacial score (nSPS) is 12.5. The summed E-state index contributed by atoms with van der Waals surface area (Å²) in [5.74, 6) is 0.130. The second-order valence-corrected chi connectivity index (χ2v) is 14.0. The molecule has 0 radical (unpaired) electrons. The summed E-state index contributed by atoms with van der Waals surface area (Å²) >= 11 is 0. The molecule has 232 valence electrons. The monoisotopic (exact) mass is 607 g/mol. The van der Waals surface area contributed by atoms with E-state index in [0.717, 1.165) is 21.0 Å². The third kappa shape index (κ3) is 8.83. The number of aryl methyl sites for hydroxylation is 1. The van der Waals surface area contributed by atoms with Crippen LogP contribution < -0.4 is 14.4 Å². The Kier molecular flexibility index (Phi) is 11.0. The first-order valence-electron chi connectivity index (χ1n) is 14.6. The highest BCUT2D eigenvalue weighted by atomic mass is 32.2. The van der Waals surface area contributed by atoms with Crippen LogP contribution in [0.2, 0.25) is 0 Å². The van der Waals surface area contributed by atoms with Crippen molar-refractivity contribution in [1.29, 1.82) is 0 Å². The van der Waals surface area contributed by atoms with Gasteiger partial charge in [0.1, 0.15) is 18.3 Å². The molecule has 0 fully saturated rings. The third-order valence-electron chi connectivity index (χ3n) is 7.13. The van der Waals surface area contributed by atoms with Crippen LogP contribution in [0, 0.1) is 6.92 Å². The molecule has 0 saturated heterocycles. The molecule has 0 saturated carbocycles. The number of benzene rings is 3. The zero-order chi connectivity index (χ0) is 31.9. The molecule has 0 bridgehead atoms. The molecule has 3 rings (SSSR count). The minimum atomic E-state index is -4.13. The van der Waals surface area contributed by atoms with Gasteiger partial charge in [0.25, 0.3) is 10.0 Å². The minimum absolute atomic E-state index is 0.0815. The van der Waals surface area contributed by atoms with Crippen molar-refractivity contribution in [1.82, 2.24) is 10.2 Å². The molecule has 0 spiro atoms. The number of amides is 2. The van der Waals surface area contributed by atoms with Gasteiger partial charge in [-0.05, 0) is 87.6 Å². The molecule has 2 amide bonds. The summed E-state index contributed by atoms with van der Waals surface area (Å²) in [5.41, 5.74) is 2.61. The molecule has 9 heteroatoms. The maximum atomic E-state index is 14.2. The highest BCUT2D eigenvalue weighted by molar-refractivity contribution is 7.92. The van der Waals surface area contributed by atoms with E-state index in [-0.39, 0.29) is 23.3 Å². The summed E-state index contributed by atoms with van der Waals surface area (Å²) < 4.78 is 34.6. The van der Waals surface area contributed by atoms with Gasteiger partial charge in [-0.15, -0.1) is 0 Å². The van der Waals surface area contributed by atoms with Crippen LogP contribution in [-0.2, 0) is 26.2 Å². The third-order valence-corrected chi connectivity index (χ3v) is 8.92. The molecule has 0 aromatic heterocycles. The van der Waals surface area contributed by atoms with Crippen molar-refractivity contribution in [3.63, 3.8) is 0 Å². The van der Waals surface area contributed by atoms with Gasteiger partial charge in [0.2, 0.25) is 11.8 Å². The first-order valence-corrected chi connectivity index (χ1v) is 16.0. The highest BCUT2D eigenvalue weighted by Gasteiger charge is 2.34. The second-order valence-electron chi connectivity index (χ2n) is 12.1. The standard InChI is InChI=1S/C34H45N3O5S/c1-9-31(33(39)35-34(5,6)7)36(22-26-12-18-29(42-8)19-13-26)32(38)23-37(28-16-14-27(15-17-28)24(2)3)43(40,41)30-20-10-25(4)11-21-30/h10-21,24,31H,9,22-23H2,1-8H3,(H,35,39)/t31-/m0/s1. The van der Waals surface area contributed by atoms with Gasteiger partial charge in [-0.25, -0.2) is 8.42 Å². The number of anilines is 1. The predicted molar refractivity (Wildman–Crippen MR) is 172 cm³/mol. The zero-order valence-electron chi connectivity index (χ0n) is 26.5. The topological polar surface area (TPSA) is 96.0 Å². The number of sulfonamides is 1. The average Bonchev–Trinajstić information content (AvgIpc) is 2.95. The number of nitrogens with one attached hydrogen (secondary N) is 1. The largest absolute Gasteiger partial charge is 0.497 e. The van der Waals surface area contributed by atoms with Crippen LogP contribution in [0.3, 0.4) is 0 Å². The molecule has 8 nitrogen and oxygen atoms in total. The van der Waals surface area contributed by atoms with Gasteiger partial charge in [-0.1, -0.05) is 62.7 Å². The lowest BCUT2D eigenvalue weighted by molar-refractivity contribution is -0.141. The zero-order valence-corrected chi connectivity index (χ0v) is 27.4. The van der Waals surface area contributed by atoms with E-state index >= 15 is 0 Å². The Morgan fingerprint density at radius 3 is 1.98 bits per heavy atom. The van der Waals surface area contributed by atoms with E-state index in [9.17, 15) is 18.0 Å². The smallest absolute Gasteiger partial charge is 0.264 e. The number of hydrogen-bond donors (Lipinski definition) is 1. The summed E-state index contributed by atoms with van der Waals surface area (Å²) in [6.07, 6.45) is 0.345. The van der Waals surface area contributed by atoms with E-state index in [1.807, 2.05) is 58.9 Å². The van der Waals surface area contributed by atoms with Crippen LogP contribution in [0.15, 0.2) is 77.7 Å². The summed E-state index contributed by atoms with van der Waals surface area (Å²) in [7, 11) is -2.55. The number of rotatable bonds is 12. The van der Waals surface area contributed by atoms with Crippen molar-refractivity contribution in [2.24, 2.45) is 0 Å². The van der Waals surface area contributed by atoms with Gasteiger partial charge in [0.15, 0.2) is 0 Å². The summed E-state index contributed by atoms with van der Waals surface area (Å²) in [6, 6.07) is 20.2. The van der Waals surface area contributed by atoms with Crippen LogP contribution in [-0.4, -0.2) is 50.4 Å². The van der Waals surface area contributed by atoms with E-state index in [4.69, 9.17) is 4.74 Å². The Labute approximate surface area is 257 Å². The summed E-state index contributed by atoms with van der Waals surface area (Å²) in [5, 5.41) is 2.99. The van der Waals surface area contributed by atoms with Crippen molar-refractivity contribution >= 4 is 27.5 Å². The van der Waals surface area contributed by atoms with E-state index in [2.05, 4.69) is 19.2 Å². The molecule has 1 N–H and O–H groups in total.